The van der Waals surface area contributed by atoms with Crippen molar-refractivity contribution >= 4 is 8.07 Å². The first-order valence-corrected chi connectivity index (χ1v) is 14.3. The Morgan fingerprint density at radius 2 is 0.971 bits per heavy atom. The summed E-state index contributed by atoms with van der Waals surface area (Å²) >= 11 is 0. The molecule has 0 radical (unpaired) electrons. The Labute approximate surface area is 246 Å². The monoisotopic (exact) mass is 574 g/mol. The van der Waals surface area contributed by atoms with Crippen LogP contribution in [0.4, 0.5) is 0 Å². The van der Waals surface area contributed by atoms with Crippen LogP contribution in [0.2, 0.25) is 18.1 Å². The first-order chi connectivity index (χ1) is 15.2. The van der Waals surface area contributed by atoms with E-state index in [0.29, 0.717) is 0 Å². The van der Waals surface area contributed by atoms with Gasteiger partial charge in [-0.05, 0) is 16.7 Å². The second kappa shape index (κ2) is 15.3. The molecule has 0 N–H and O–H groups in total. The molecule has 4 rings (SSSR count). The fourth-order valence-electron chi connectivity index (χ4n) is 5.49. The molecule has 0 fully saturated rings. The van der Waals surface area contributed by atoms with E-state index in [1.165, 1.54) is 40.4 Å². The van der Waals surface area contributed by atoms with Gasteiger partial charge in [0.15, 0.2) is 0 Å². The molecular weight excluding hydrogens is 543 g/mol. The van der Waals surface area contributed by atoms with Crippen LogP contribution in [-0.2, 0) is 27.1 Å². The second-order valence-electron chi connectivity index (χ2n) is 8.61. The molecule has 0 atom stereocenters. The third-order valence-electron chi connectivity index (χ3n) is 7.49. The van der Waals surface area contributed by atoms with E-state index in [1.54, 1.807) is 5.20 Å². The van der Waals surface area contributed by atoms with Crippen molar-refractivity contribution in [3.8, 4) is 0 Å². The number of halogens is 3. The molecule has 0 saturated heterocycles. The zero-order chi connectivity index (χ0) is 21.7. The summed E-state index contributed by atoms with van der Waals surface area (Å²) in [5.41, 5.74) is 4.90. The number of allylic oxidation sites excluding steroid dienone is 4. The van der Waals surface area contributed by atoms with Crippen LogP contribution in [0.5, 0.6) is 0 Å². The minimum atomic E-state index is -1.45. The fourth-order valence-corrected chi connectivity index (χ4v) is 9.20. The van der Waals surface area contributed by atoms with Crippen molar-refractivity contribution in [3.63, 3.8) is 0 Å². The largest absolute Gasteiger partial charge is 4.00 e. The van der Waals surface area contributed by atoms with Gasteiger partial charge in [0.05, 0.1) is 8.07 Å². The molecule has 3 aromatic rings. The predicted octanol–water partition coefficient (Wildman–Crippen LogP) is -0.862. The van der Waals surface area contributed by atoms with Gasteiger partial charge in [-0.25, -0.2) is 11.6 Å². The summed E-state index contributed by atoms with van der Waals surface area (Å²) in [7, 11) is -1.45. The van der Waals surface area contributed by atoms with Gasteiger partial charge < -0.3 is 37.2 Å². The van der Waals surface area contributed by atoms with Gasteiger partial charge in [-0.2, -0.15) is 5.20 Å². The van der Waals surface area contributed by atoms with Crippen LogP contribution in [0.25, 0.3) is 0 Å². The quantitative estimate of drug-likeness (QED) is 0.186. The average Bonchev–Trinajstić information content (AvgIpc) is 3.34. The Kier molecular flexibility index (Phi) is 14.8. The summed E-state index contributed by atoms with van der Waals surface area (Å²) in [4.78, 5) is 0. The van der Waals surface area contributed by atoms with Gasteiger partial charge in [-0.1, -0.05) is 130 Å². The van der Waals surface area contributed by atoms with E-state index < -0.39 is 8.07 Å². The minimum Gasteiger partial charge on any atom is -1.00 e. The summed E-state index contributed by atoms with van der Waals surface area (Å²) < 4.78 is 0. The van der Waals surface area contributed by atoms with E-state index >= 15 is 0 Å². The Bertz CT molecular complexity index is 958. The molecule has 5 heteroatoms. The van der Waals surface area contributed by atoms with Crippen LogP contribution in [0, 0.1) is 6.08 Å². The third kappa shape index (κ3) is 6.27. The average molecular weight is 576 g/mol. The molecule has 182 valence electrons. The zero-order valence-corrected chi connectivity index (χ0v) is 25.5. The van der Waals surface area contributed by atoms with Crippen LogP contribution in [0.1, 0.15) is 43.9 Å². The molecule has 0 spiro atoms. The van der Waals surface area contributed by atoms with E-state index in [4.69, 9.17) is 0 Å². The number of benzene rings is 3. The second-order valence-corrected chi connectivity index (χ2v) is 13.9. The molecule has 1 aliphatic rings. The van der Waals surface area contributed by atoms with Gasteiger partial charge in [0, 0.05) is 5.41 Å². The smallest absolute Gasteiger partial charge is 1.00 e. The van der Waals surface area contributed by atoms with Crippen molar-refractivity contribution < 1.29 is 58.9 Å². The maximum atomic E-state index is 4.06. The van der Waals surface area contributed by atoms with Gasteiger partial charge in [0.1, 0.15) is 0 Å². The number of rotatable bonds is 8. The molecule has 0 aliphatic heterocycles. The minimum absolute atomic E-state index is 0. The van der Waals surface area contributed by atoms with Crippen molar-refractivity contribution in [2.45, 2.75) is 50.7 Å². The molecule has 35 heavy (non-hydrogen) atoms. The van der Waals surface area contributed by atoms with Crippen molar-refractivity contribution in [1.82, 2.24) is 0 Å². The normalized spacial score (nSPS) is 12.7. The zero-order valence-electron chi connectivity index (χ0n) is 20.7. The SMILES string of the molecule is CC[Si](CC)(CC)C1=[C-]C(C(c2ccccc2)(c2ccccc2)c2ccccc2)=CC1.[Cl-].[Cl-].[Cl-].[Ti+4]. The van der Waals surface area contributed by atoms with Crippen LogP contribution in [0.15, 0.2) is 108 Å². The predicted molar refractivity (Wildman–Crippen MR) is 136 cm³/mol. The van der Waals surface area contributed by atoms with Crippen molar-refractivity contribution in [2.75, 3.05) is 0 Å². The van der Waals surface area contributed by atoms with E-state index in [-0.39, 0.29) is 64.4 Å². The Hall–Kier alpha value is -1.06. The van der Waals surface area contributed by atoms with Gasteiger partial charge in [0.2, 0.25) is 0 Å². The maximum absolute atomic E-state index is 4.06. The van der Waals surface area contributed by atoms with Crippen LogP contribution in [0.3, 0.4) is 0 Å². The summed E-state index contributed by atoms with van der Waals surface area (Å²) in [5.74, 6) is 0. The van der Waals surface area contributed by atoms with Crippen molar-refractivity contribution in [2.24, 2.45) is 0 Å². The molecule has 0 aromatic heterocycles. The molecule has 0 amide bonds. The third-order valence-corrected chi connectivity index (χ3v) is 13.2. The van der Waals surface area contributed by atoms with Gasteiger partial charge in [-0.15, -0.1) is 6.42 Å². The fraction of sp³-hybridized carbons (Fsp3) is 0.267. The Balaban J connectivity index is 0.00000289. The summed E-state index contributed by atoms with van der Waals surface area (Å²) in [6.07, 6.45) is 7.60. The van der Waals surface area contributed by atoms with Crippen molar-refractivity contribution in [3.05, 3.63) is 131 Å². The van der Waals surface area contributed by atoms with Gasteiger partial charge in [-0.3, -0.25) is 6.08 Å². The first-order valence-electron chi connectivity index (χ1n) is 11.7. The topological polar surface area (TPSA) is 0 Å². The molecule has 0 unspecified atom stereocenters. The van der Waals surface area contributed by atoms with E-state index in [0.717, 1.165) is 6.42 Å². The molecule has 0 heterocycles. The molecule has 0 bridgehead atoms. The number of hydrogen-bond donors (Lipinski definition) is 0. The molecule has 3 aromatic carbocycles. The molecule has 1 aliphatic carbocycles. The summed E-state index contributed by atoms with van der Waals surface area (Å²) in [5, 5.41) is 1.61. The number of hydrogen-bond acceptors (Lipinski definition) is 0. The van der Waals surface area contributed by atoms with Crippen LogP contribution < -0.4 is 37.2 Å². The Morgan fingerprint density at radius 1 is 0.629 bits per heavy atom. The van der Waals surface area contributed by atoms with Gasteiger partial charge in [0.25, 0.3) is 0 Å². The Morgan fingerprint density at radius 3 is 1.29 bits per heavy atom. The van der Waals surface area contributed by atoms with Crippen LogP contribution >= 0.6 is 0 Å². The van der Waals surface area contributed by atoms with Crippen LogP contribution in [-0.4, -0.2) is 8.07 Å². The molecule has 0 nitrogen and oxygen atoms in total. The summed E-state index contributed by atoms with van der Waals surface area (Å²) in [6.45, 7) is 7.18. The molecule has 0 saturated carbocycles. The van der Waals surface area contributed by atoms with E-state index in [9.17, 15) is 0 Å². The van der Waals surface area contributed by atoms with Crippen molar-refractivity contribution in [1.29, 1.82) is 0 Å². The molecular formula is C30H33Cl3SiTi. The maximum Gasteiger partial charge on any atom is 4.00 e. The standard InChI is InChI=1S/C30H33Si.3ClH.Ti/c1-4-31(5-2,6-3)29-23-22-28(24-29)30(25-16-10-7-11-17-25,26-18-12-8-13-19-26)27-20-14-9-15-21-27;;;;/h7-22H,4-6,23H2,1-3H3;3*1H;/q-1;;;;+4/p-3. The van der Waals surface area contributed by atoms with E-state index in [2.05, 4.69) is 124 Å². The first kappa shape index (κ1) is 33.9. The summed E-state index contributed by atoms with van der Waals surface area (Å²) in [6, 6.07) is 36.9. The van der Waals surface area contributed by atoms with Gasteiger partial charge >= 0.3 is 21.7 Å². The van der Waals surface area contributed by atoms with E-state index in [1.807, 2.05) is 0 Å².